The van der Waals surface area contributed by atoms with Gasteiger partial charge in [-0.2, -0.15) is 0 Å². The predicted molar refractivity (Wildman–Crippen MR) is 95.6 cm³/mol. The second-order valence-electron chi connectivity index (χ2n) is 10.5. The van der Waals surface area contributed by atoms with Crippen molar-refractivity contribution in [1.29, 1.82) is 0 Å². The van der Waals surface area contributed by atoms with E-state index in [1.54, 1.807) is 0 Å². The van der Waals surface area contributed by atoms with Gasteiger partial charge in [-0.1, -0.05) is 0 Å². The first-order valence-electron chi connectivity index (χ1n) is 11.0. The molecule has 6 saturated carbocycles. The van der Waals surface area contributed by atoms with E-state index >= 15 is 0 Å². The fourth-order valence-electron chi connectivity index (χ4n) is 8.23. The van der Waals surface area contributed by atoms with E-state index in [1.807, 2.05) is 0 Å². The molecule has 0 radical (unpaired) electrons. The maximum Gasteiger partial charge on any atom is 0.310 e. The Morgan fingerprint density at radius 1 is 1.00 bits per heavy atom. The van der Waals surface area contributed by atoms with Gasteiger partial charge >= 0.3 is 17.9 Å². The van der Waals surface area contributed by atoms with E-state index in [9.17, 15) is 14.4 Å². The van der Waals surface area contributed by atoms with E-state index < -0.39 is 29.5 Å². The third-order valence-electron chi connectivity index (χ3n) is 9.20. The second kappa shape index (κ2) is 5.51. The summed E-state index contributed by atoms with van der Waals surface area (Å²) in [5, 5.41) is 0. The summed E-state index contributed by atoms with van der Waals surface area (Å²) >= 11 is 0. The van der Waals surface area contributed by atoms with Crippen LogP contribution in [0.15, 0.2) is 0 Å². The van der Waals surface area contributed by atoms with E-state index in [-0.39, 0.29) is 29.9 Å². The minimum Gasteiger partial charge on any atom is -0.459 e. The maximum atomic E-state index is 13.4. The second-order valence-corrected chi connectivity index (χ2v) is 10.5. The molecule has 6 atom stereocenters. The van der Waals surface area contributed by atoms with Crippen LogP contribution in [0.3, 0.4) is 0 Å². The highest BCUT2D eigenvalue weighted by Crippen LogP contribution is 2.62. The van der Waals surface area contributed by atoms with E-state index in [2.05, 4.69) is 6.92 Å². The molecule has 152 valence electrons. The molecule has 7 rings (SSSR count). The summed E-state index contributed by atoms with van der Waals surface area (Å²) in [5.41, 5.74) is -0.412. The number of fused-ring (bicyclic) bond motifs is 1. The summed E-state index contributed by atoms with van der Waals surface area (Å²) in [7, 11) is 0. The lowest BCUT2D eigenvalue weighted by molar-refractivity contribution is -0.211. The van der Waals surface area contributed by atoms with Crippen LogP contribution < -0.4 is 0 Å². The fraction of sp³-hybridized carbons (Fsp3) is 0.864. The molecule has 1 aliphatic heterocycles. The SMILES string of the molecule is CC(=O)OC1C2CC3C1OC(=O)C3C2C(=O)OC1(C)C2CC3CC(C2)CC1C3. The first kappa shape index (κ1) is 17.3. The van der Waals surface area contributed by atoms with Gasteiger partial charge < -0.3 is 14.2 Å². The molecule has 28 heavy (non-hydrogen) atoms. The van der Waals surface area contributed by atoms with Crippen molar-refractivity contribution in [2.45, 2.75) is 70.2 Å². The standard InChI is InChI=1S/C22H28O6/c1-9(23)26-18-15-8-14-16(20(24)27-19(14)18)17(15)21(25)28-22(2)12-4-10-3-11(6-12)7-13(22)5-10/h10-19H,3-8H2,1-2H3. The molecular formula is C22H28O6. The lowest BCUT2D eigenvalue weighted by Gasteiger charge is -2.59. The molecule has 7 aliphatic rings. The Kier molecular flexibility index (Phi) is 3.40. The number of hydrogen-bond donors (Lipinski definition) is 0. The molecule has 0 aromatic rings. The number of ether oxygens (including phenoxy) is 3. The summed E-state index contributed by atoms with van der Waals surface area (Å²) < 4.78 is 17.3. The highest BCUT2D eigenvalue weighted by Gasteiger charge is 2.70. The molecule has 0 spiro atoms. The maximum absolute atomic E-state index is 13.4. The normalized spacial score (nSPS) is 54.7. The summed E-state index contributed by atoms with van der Waals surface area (Å²) in [4.78, 5) is 37.5. The van der Waals surface area contributed by atoms with E-state index in [0.717, 1.165) is 37.5 Å². The Labute approximate surface area is 164 Å². The quantitative estimate of drug-likeness (QED) is 0.546. The Morgan fingerprint density at radius 3 is 2.25 bits per heavy atom. The van der Waals surface area contributed by atoms with Crippen molar-refractivity contribution in [2.24, 2.45) is 47.3 Å². The van der Waals surface area contributed by atoms with Gasteiger partial charge in [-0.05, 0) is 69.1 Å². The monoisotopic (exact) mass is 388 g/mol. The largest absolute Gasteiger partial charge is 0.459 e. The average Bonchev–Trinajstić information content (AvgIpc) is 3.22. The molecule has 0 N–H and O–H groups in total. The Balaban J connectivity index is 1.26. The van der Waals surface area contributed by atoms with E-state index in [4.69, 9.17) is 14.2 Å². The zero-order valence-corrected chi connectivity index (χ0v) is 16.5. The van der Waals surface area contributed by atoms with Crippen molar-refractivity contribution in [1.82, 2.24) is 0 Å². The Morgan fingerprint density at radius 2 is 1.64 bits per heavy atom. The lowest BCUT2D eigenvalue weighted by Crippen LogP contribution is -2.59. The lowest BCUT2D eigenvalue weighted by atomic mass is 9.50. The minimum atomic E-state index is -0.533. The molecule has 6 bridgehead atoms. The van der Waals surface area contributed by atoms with Crippen LogP contribution in [0.1, 0.15) is 52.4 Å². The molecule has 1 heterocycles. The van der Waals surface area contributed by atoms with Crippen molar-refractivity contribution in [3.8, 4) is 0 Å². The highest BCUT2D eigenvalue weighted by atomic mass is 16.6. The molecule has 7 fully saturated rings. The van der Waals surface area contributed by atoms with Gasteiger partial charge in [0.25, 0.3) is 0 Å². The van der Waals surface area contributed by atoms with Crippen LogP contribution in [-0.4, -0.2) is 35.7 Å². The van der Waals surface area contributed by atoms with Gasteiger partial charge in [0, 0.05) is 18.8 Å². The van der Waals surface area contributed by atoms with Crippen molar-refractivity contribution in [3.05, 3.63) is 0 Å². The van der Waals surface area contributed by atoms with Crippen LogP contribution in [0, 0.1) is 47.3 Å². The number of esters is 3. The molecule has 1 saturated heterocycles. The van der Waals surface area contributed by atoms with Gasteiger partial charge in [-0.25, -0.2) is 0 Å². The van der Waals surface area contributed by atoms with Crippen LogP contribution in [0.2, 0.25) is 0 Å². The molecule has 0 amide bonds. The summed E-state index contributed by atoms with van der Waals surface area (Å²) in [6, 6.07) is 0. The number of hydrogen-bond acceptors (Lipinski definition) is 6. The molecule has 6 nitrogen and oxygen atoms in total. The van der Waals surface area contributed by atoms with E-state index in [0.29, 0.717) is 18.3 Å². The van der Waals surface area contributed by atoms with Crippen LogP contribution in [0.25, 0.3) is 0 Å². The van der Waals surface area contributed by atoms with Gasteiger partial charge in [0.1, 0.15) is 17.8 Å². The molecule has 6 unspecified atom stereocenters. The summed E-state index contributed by atoms with van der Waals surface area (Å²) in [6.45, 7) is 3.49. The van der Waals surface area contributed by atoms with Crippen molar-refractivity contribution in [2.75, 3.05) is 0 Å². The average molecular weight is 388 g/mol. The molecule has 0 aromatic carbocycles. The van der Waals surface area contributed by atoms with Crippen LogP contribution >= 0.6 is 0 Å². The molecule has 0 aromatic heterocycles. The Bertz CT molecular complexity index is 730. The van der Waals surface area contributed by atoms with Crippen molar-refractivity contribution < 1.29 is 28.6 Å². The van der Waals surface area contributed by atoms with Crippen molar-refractivity contribution >= 4 is 17.9 Å². The number of carbonyl (C=O) groups excluding carboxylic acids is 3. The molecule has 6 heteroatoms. The summed E-state index contributed by atoms with van der Waals surface area (Å²) in [5.74, 6) is 0.380. The van der Waals surface area contributed by atoms with Crippen LogP contribution in [-0.2, 0) is 28.6 Å². The first-order valence-corrected chi connectivity index (χ1v) is 11.0. The van der Waals surface area contributed by atoms with Crippen molar-refractivity contribution in [3.63, 3.8) is 0 Å². The van der Waals surface area contributed by atoms with Gasteiger partial charge in [0.2, 0.25) is 0 Å². The highest BCUT2D eigenvalue weighted by molar-refractivity contribution is 5.86. The predicted octanol–water partition coefficient (Wildman–Crippen LogP) is 2.48. The zero-order chi connectivity index (χ0) is 19.4. The number of carbonyl (C=O) groups is 3. The molecular weight excluding hydrogens is 360 g/mol. The fourth-order valence-corrected chi connectivity index (χ4v) is 8.23. The third-order valence-corrected chi connectivity index (χ3v) is 9.20. The Hall–Kier alpha value is -1.59. The smallest absolute Gasteiger partial charge is 0.310 e. The third kappa shape index (κ3) is 2.12. The van der Waals surface area contributed by atoms with Gasteiger partial charge in [-0.3, -0.25) is 14.4 Å². The minimum absolute atomic E-state index is 0.0225. The van der Waals surface area contributed by atoms with Crippen LogP contribution in [0.4, 0.5) is 0 Å². The van der Waals surface area contributed by atoms with E-state index in [1.165, 1.54) is 13.3 Å². The van der Waals surface area contributed by atoms with Gasteiger partial charge in [0.15, 0.2) is 0 Å². The summed E-state index contributed by atoms with van der Waals surface area (Å²) in [6.07, 6.45) is 5.82. The number of rotatable bonds is 3. The first-order chi connectivity index (χ1) is 13.3. The van der Waals surface area contributed by atoms with Gasteiger partial charge in [0.05, 0.1) is 11.8 Å². The van der Waals surface area contributed by atoms with Crippen LogP contribution in [0.5, 0.6) is 0 Å². The molecule has 6 aliphatic carbocycles. The van der Waals surface area contributed by atoms with Gasteiger partial charge in [-0.15, -0.1) is 0 Å². The zero-order valence-electron chi connectivity index (χ0n) is 16.5. The topological polar surface area (TPSA) is 78.9 Å².